The summed E-state index contributed by atoms with van der Waals surface area (Å²) in [4.78, 5) is 25.2. The molecule has 0 radical (unpaired) electrons. The summed E-state index contributed by atoms with van der Waals surface area (Å²) in [5.74, 6) is -0.0724. The van der Waals surface area contributed by atoms with E-state index < -0.39 is 0 Å². The lowest BCUT2D eigenvalue weighted by Gasteiger charge is -2.28. The Kier molecular flexibility index (Phi) is 4.01. The molecule has 0 unspecified atom stereocenters. The quantitative estimate of drug-likeness (QED) is 0.832. The number of amides is 2. The zero-order chi connectivity index (χ0) is 13.8. The number of carbonyl (C=O) groups is 2. The third-order valence-electron chi connectivity index (χ3n) is 2.86. The van der Waals surface area contributed by atoms with Gasteiger partial charge in [0.1, 0.15) is 5.75 Å². The highest BCUT2D eigenvalue weighted by Crippen LogP contribution is 2.34. The second-order valence-corrected chi connectivity index (χ2v) is 4.12. The zero-order valence-electron chi connectivity index (χ0n) is 11.0. The summed E-state index contributed by atoms with van der Waals surface area (Å²) in [7, 11) is 1.78. The fourth-order valence-electron chi connectivity index (χ4n) is 1.89. The maximum atomic E-state index is 12.1. The Balaban J connectivity index is 2.33. The Morgan fingerprint density at radius 1 is 1.47 bits per heavy atom. The van der Waals surface area contributed by atoms with Crippen LogP contribution in [0, 0.1) is 0 Å². The molecule has 6 nitrogen and oxygen atoms in total. The molecule has 2 amide bonds. The van der Waals surface area contributed by atoms with Crippen molar-refractivity contribution in [3.05, 3.63) is 18.2 Å². The molecule has 1 aliphatic rings. The van der Waals surface area contributed by atoms with Crippen LogP contribution in [0.25, 0.3) is 0 Å². The summed E-state index contributed by atoms with van der Waals surface area (Å²) in [6.07, 6.45) is 0. The van der Waals surface area contributed by atoms with E-state index in [2.05, 4.69) is 10.6 Å². The van der Waals surface area contributed by atoms with Gasteiger partial charge < -0.3 is 15.4 Å². The molecule has 6 heteroatoms. The van der Waals surface area contributed by atoms with Crippen molar-refractivity contribution in [1.82, 2.24) is 5.32 Å². The average Bonchev–Trinajstić information content (AvgIpc) is 2.43. The van der Waals surface area contributed by atoms with Gasteiger partial charge in [0.25, 0.3) is 5.91 Å². The van der Waals surface area contributed by atoms with Gasteiger partial charge in [-0.2, -0.15) is 0 Å². The molecular weight excluding hydrogens is 246 g/mol. The van der Waals surface area contributed by atoms with E-state index in [1.807, 2.05) is 13.0 Å². The molecular formula is C13H17N3O3. The van der Waals surface area contributed by atoms with Crippen LogP contribution in [-0.2, 0) is 9.59 Å². The smallest absolute Gasteiger partial charge is 0.271 e. The first-order valence-electron chi connectivity index (χ1n) is 6.18. The minimum atomic E-state index is -0.344. The number of fused-ring (bicyclic) bond motifs is 1. The second-order valence-electron chi connectivity index (χ2n) is 4.12. The summed E-state index contributed by atoms with van der Waals surface area (Å²) < 4.78 is 5.33. The Labute approximate surface area is 111 Å². The van der Waals surface area contributed by atoms with Crippen LogP contribution in [0.15, 0.2) is 18.2 Å². The zero-order valence-corrected chi connectivity index (χ0v) is 11.0. The third kappa shape index (κ3) is 2.68. The SMILES string of the molecule is CCNCC(=O)N1C(=O)COc2ccc(NC)cc21. The average molecular weight is 263 g/mol. The van der Waals surface area contributed by atoms with E-state index in [1.165, 1.54) is 4.90 Å². The Morgan fingerprint density at radius 2 is 2.26 bits per heavy atom. The van der Waals surface area contributed by atoms with Gasteiger partial charge in [-0.15, -0.1) is 0 Å². The van der Waals surface area contributed by atoms with Gasteiger partial charge in [0.05, 0.1) is 12.2 Å². The first-order chi connectivity index (χ1) is 9.17. The highest BCUT2D eigenvalue weighted by molar-refractivity contribution is 6.18. The van der Waals surface area contributed by atoms with E-state index in [1.54, 1.807) is 19.2 Å². The molecule has 0 atom stereocenters. The second kappa shape index (κ2) is 5.71. The molecule has 102 valence electrons. The van der Waals surface area contributed by atoms with E-state index in [9.17, 15) is 9.59 Å². The normalized spacial score (nSPS) is 13.8. The summed E-state index contributed by atoms with van der Waals surface area (Å²) in [6.45, 7) is 2.60. The highest BCUT2D eigenvalue weighted by atomic mass is 16.5. The molecule has 0 bridgehead atoms. The number of nitrogens with one attached hydrogen (secondary N) is 2. The molecule has 1 heterocycles. The standard InChI is InChI=1S/C13H17N3O3/c1-3-15-7-12(17)16-10-6-9(14-2)4-5-11(10)19-8-13(16)18/h4-6,14-15H,3,7-8H2,1-2H3. The number of nitrogens with zero attached hydrogens (tertiary/aromatic N) is 1. The molecule has 19 heavy (non-hydrogen) atoms. The minimum Gasteiger partial charge on any atom is -0.482 e. The van der Waals surface area contributed by atoms with Gasteiger partial charge in [-0.05, 0) is 24.7 Å². The molecule has 0 saturated carbocycles. The predicted octanol–water partition coefficient (Wildman–Crippen LogP) is 0.590. The number of carbonyl (C=O) groups excluding carboxylic acids is 2. The van der Waals surface area contributed by atoms with Gasteiger partial charge in [-0.3, -0.25) is 9.59 Å². The lowest BCUT2D eigenvalue weighted by Crippen LogP contribution is -2.46. The van der Waals surface area contributed by atoms with E-state index >= 15 is 0 Å². The number of ether oxygens (including phenoxy) is 1. The fraction of sp³-hybridized carbons (Fsp3) is 0.385. The van der Waals surface area contributed by atoms with Gasteiger partial charge in [-0.1, -0.05) is 6.92 Å². The summed E-state index contributed by atoms with van der Waals surface area (Å²) in [6, 6.07) is 5.32. The van der Waals surface area contributed by atoms with Gasteiger partial charge in [0.15, 0.2) is 6.61 Å². The largest absolute Gasteiger partial charge is 0.482 e. The van der Waals surface area contributed by atoms with Crippen molar-refractivity contribution in [2.24, 2.45) is 0 Å². The molecule has 0 spiro atoms. The monoisotopic (exact) mass is 263 g/mol. The van der Waals surface area contributed by atoms with Crippen LogP contribution in [-0.4, -0.2) is 38.6 Å². The molecule has 0 saturated heterocycles. The van der Waals surface area contributed by atoms with Gasteiger partial charge >= 0.3 is 0 Å². The molecule has 2 N–H and O–H groups in total. The Morgan fingerprint density at radius 3 is 2.95 bits per heavy atom. The first kappa shape index (κ1) is 13.4. The van der Waals surface area contributed by atoms with Crippen molar-refractivity contribution >= 4 is 23.2 Å². The number of hydrogen-bond acceptors (Lipinski definition) is 5. The van der Waals surface area contributed by atoms with Crippen LogP contribution >= 0.6 is 0 Å². The molecule has 2 rings (SSSR count). The van der Waals surface area contributed by atoms with Crippen molar-refractivity contribution in [2.45, 2.75) is 6.92 Å². The molecule has 0 fully saturated rings. The number of likely N-dealkylation sites (N-methyl/N-ethyl adjacent to an activating group) is 1. The van der Waals surface area contributed by atoms with Crippen LogP contribution in [0.5, 0.6) is 5.75 Å². The van der Waals surface area contributed by atoms with Crippen LogP contribution < -0.4 is 20.3 Å². The topological polar surface area (TPSA) is 70.7 Å². The number of rotatable bonds is 4. The summed E-state index contributed by atoms with van der Waals surface area (Å²) in [5, 5.41) is 5.90. The highest BCUT2D eigenvalue weighted by Gasteiger charge is 2.30. The molecule has 1 aliphatic heterocycles. The van der Waals surface area contributed by atoms with Crippen LogP contribution in [0.3, 0.4) is 0 Å². The molecule has 0 aromatic heterocycles. The van der Waals surface area contributed by atoms with Crippen molar-refractivity contribution < 1.29 is 14.3 Å². The van der Waals surface area contributed by atoms with Crippen LogP contribution in [0.4, 0.5) is 11.4 Å². The van der Waals surface area contributed by atoms with Crippen molar-refractivity contribution in [1.29, 1.82) is 0 Å². The van der Waals surface area contributed by atoms with Crippen LogP contribution in [0.1, 0.15) is 6.92 Å². The van der Waals surface area contributed by atoms with Crippen molar-refractivity contribution in [3.63, 3.8) is 0 Å². The van der Waals surface area contributed by atoms with E-state index in [4.69, 9.17) is 4.74 Å². The summed E-state index contributed by atoms with van der Waals surface area (Å²) in [5.41, 5.74) is 1.31. The lowest BCUT2D eigenvalue weighted by molar-refractivity contribution is -0.128. The van der Waals surface area contributed by atoms with E-state index in [0.717, 1.165) is 5.69 Å². The Bertz CT molecular complexity index is 502. The van der Waals surface area contributed by atoms with E-state index in [-0.39, 0.29) is 25.0 Å². The number of benzene rings is 1. The first-order valence-corrected chi connectivity index (χ1v) is 6.18. The third-order valence-corrected chi connectivity index (χ3v) is 2.86. The minimum absolute atomic E-state index is 0.107. The van der Waals surface area contributed by atoms with E-state index in [0.29, 0.717) is 18.0 Å². The van der Waals surface area contributed by atoms with Gasteiger partial charge in [0.2, 0.25) is 5.91 Å². The number of hydrogen-bond donors (Lipinski definition) is 2. The van der Waals surface area contributed by atoms with Gasteiger partial charge in [-0.25, -0.2) is 4.90 Å². The maximum absolute atomic E-state index is 12.1. The lowest BCUT2D eigenvalue weighted by atomic mass is 10.2. The summed E-state index contributed by atoms with van der Waals surface area (Å²) >= 11 is 0. The predicted molar refractivity (Wildman–Crippen MR) is 72.5 cm³/mol. The molecule has 0 aliphatic carbocycles. The van der Waals surface area contributed by atoms with Crippen LogP contribution in [0.2, 0.25) is 0 Å². The molecule has 1 aromatic carbocycles. The maximum Gasteiger partial charge on any atom is 0.271 e. The van der Waals surface area contributed by atoms with Gasteiger partial charge in [0, 0.05) is 12.7 Å². The van der Waals surface area contributed by atoms with Crippen molar-refractivity contribution in [2.75, 3.05) is 37.0 Å². The fourth-order valence-corrected chi connectivity index (χ4v) is 1.89. The molecule has 1 aromatic rings. The Hall–Kier alpha value is -2.08. The number of imide groups is 1. The van der Waals surface area contributed by atoms with Crippen molar-refractivity contribution in [3.8, 4) is 5.75 Å². The number of anilines is 2.